The summed E-state index contributed by atoms with van der Waals surface area (Å²) in [7, 11) is 0. The number of nitrogens with zero attached hydrogens (tertiary/aromatic N) is 1. The summed E-state index contributed by atoms with van der Waals surface area (Å²) in [4.78, 5) is 17.4. The van der Waals surface area contributed by atoms with E-state index in [-0.39, 0.29) is 10.9 Å². The van der Waals surface area contributed by atoms with Gasteiger partial charge in [-0.25, -0.2) is 9.37 Å². The highest BCUT2D eigenvalue weighted by molar-refractivity contribution is 7.17. The van der Waals surface area contributed by atoms with Crippen molar-refractivity contribution >= 4 is 45.4 Å². The van der Waals surface area contributed by atoms with Crippen molar-refractivity contribution in [1.82, 2.24) is 4.98 Å². The van der Waals surface area contributed by atoms with Crippen LogP contribution in [0.4, 0.5) is 20.9 Å². The maximum absolute atomic E-state index is 13.2. The largest absolute Gasteiger partial charge is 0.331 e. The van der Waals surface area contributed by atoms with Crippen molar-refractivity contribution in [2.45, 2.75) is 20.3 Å². The molecule has 0 aliphatic carbocycles. The summed E-state index contributed by atoms with van der Waals surface area (Å²) < 4.78 is 13.2. The molecule has 3 rings (SSSR count). The second kappa shape index (κ2) is 7.85. The van der Waals surface area contributed by atoms with Crippen molar-refractivity contribution < 1.29 is 9.18 Å². The fraction of sp³-hybridized carbons (Fsp3) is 0.158. The van der Waals surface area contributed by atoms with Crippen LogP contribution in [-0.2, 0) is 6.42 Å². The summed E-state index contributed by atoms with van der Waals surface area (Å²) in [6, 6.07) is 12.0. The van der Waals surface area contributed by atoms with Gasteiger partial charge >= 0.3 is 0 Å². The molecule has 26 heavy (non-hydrogen) atoms. The first-order valence-corrected chi connectivity index (χ1v) is 9.26. The quantitative estimate of drug-likeness (QED) is 0.579. The Morgan fingerprint density at radius 1 is 1.27 bits per heavy atom. The molecule has 0 saturated heterocycles. The van der Waals surface area contributed by atoms with E-state index in [0.717, 1.165) is 12.1 Å². The van der Waals surface area contributed by atoms with Gasteiger partial charge < -0.3 is 10.6 Å². The zero-order valence-electron chi connectivity index (χ0n) is 14.3. The lowest BCUT2D eigenvalue weighted by Crippen LogP contribution is -2.11. The summed E-state index contributed by atoms with van der Waals surface area (Å²) in [5.41, 5.74) is 3.20. The Balaban J connectivity index is 1.79. The molecule has 0 bridgehead atoms. The molecule has 2 aromatic carbocycles. The fourth-order valence-electron chi connectivity index (χ4n) is 2.49. The number of benzene rings is 2. The summed E-state index contributed by atoms with van der Waals surface area (Å²) in [6.45, 7) is 3.86. The molecule has 1 amide bonds. The number of aryl methyl sites for hydroxylation is 2. The summed E-state index contributed by atoms with van der Waals surface area (Å²) in [5, 5.41) is 6.60. The lowest BCUT2D eigenvalue weighted by molar-refractivity contribution is 0.103. The van der Waals surface area contributed by atoms with E-state index in [0.29, 0.717) is 21.4 Å². The molecule has 1 heterocycles. The number of hydrogen-bond acceptors (Lipinski definition) is 4. The third-order valence-electron chi connectivity index (χ3n) is 3.82. The van der Waals surface area contributed by atoms with Crippen LogP contribution in [0.25, 0.3) is 0 Å². The minimum atomic E-state index is -0.528. The number of carbonyl (C=O) groups is 1. The van der Waals surface area contributed by atoms with Gasteiger partial charge in [-0.2, -0.15) is 0 Å². The zero-order chi connectivity index (χ0) is 18.7. The molecule has 0 atom stereocenters. The van der Waals surface area contributed by atoms with Crippen molar-refractivity contribution in [3.8, 4) is 0 Å². The van der Waals surface area contributed by atoms with Crippen LogP contribution in [0, 0.1) is 12.7 Å². The van der Waals surface area contributed by atoms with Gasteiger partial charge in [0.25, 0.3) is 5.91 Å². The second-order valence-corrected chi connectivity index (χ2v) is 7.06. The van der Waals surface area contributed by atoms with Crippen molar-refractivity contribution in [2.24, 2.45) is 0 Å². The molecule has 134 valence electrons. The number of anilines is 3. The second-order valence-electron chi connectivity index (χ2n) is 5.65. The van der Waals surface area contributed by atoms with E-state index in [1.54, 1.807) is 6.92 Å². The van der Waals surface area contributed by atoms with Crippen LogP contribution in [0.1, 0.15) is 27.9 Å². The molecule has 0 aliphatic heterocycles. The molecule has 1 aromatic heterocycles. The van der Waals surface area contributed by atoms with Gasteiger partial charge in [0.05, 0.1) is 10.7 Å². The maximum Gasteiger partial charge on any atom is 0.267 e. The highest BCUT2D eigenvalue weighted by atomic mass is 35.5. The van der Waals surface area contributed by atoms with Crippen LogP contribution in [-0.4, -0.2) is 10.9 Å². The molecule has 0 fully saturated rings. The predicted molar refractivity (Wildman–Crippen MR) is 105 cm³/mol. The number of thiazole rings is 1. The van der Waals surface area contributed by atoms with Crippen LogP contribution in [0.2, 0.25) is 5.02 Å². The minimum Gasteiger partial charge on any atom is -0.331 e. The Morgan fingerprint density at radius 2 is 2.04 bits per heavy atom. The number of amides is 1. The molecule has 0 spiro atoms. The number of rotatable bonds is 5. The first-order valence-electron chi connectivity index (χ1n) is 8.06. The van der Waals surface area contributed by atoms with Gasteiger partial charge in [-0.15, -0.1) is 0 Å². The van der Waals surface area contributed by atoms with Crippen molar-refractivity contribution in [1.29, 1.82) is 0 Å². The predicted octanol–water partition coefficient (Wildman–Crippen LogP) is 5.80. The molecule has 7 heteroatoms. The third-order valence-corrected chi connectivity index (χ3v) is 5.18. The Labute approximate surface area is 160 Å². The van der Waals surface area contributed by atoms with Gasteiger partial charge in [0.15, 0.2) is 5.13 Å². The van der Waals surface area contributed by atoms with Gasteiger partial charge in [0.1, 0.15) is 10.7 Å². The molecule has 0 saturated carbocycles. The van der Waals surface area contributed by atoms with Gasteiger partial charge in [-0.1, -0.05) is 48.1 Å². The number of aromatic nitrogens is 1. The maximum atomic E-state index is 13.2. The van der Waals surface area contributed by atoms with Gasteiger partial charge in [0, 0.05) is 11.4 Å². The lowest BCUT2D eigenvalue weighted by Gasteiger charge is -2.07. The first-order chi connectivity index (χ1) is 12.5. The highest BCUT2D eigenvalue weighted by Gasteiger charge is 2.16. The normalized spacial score (nSPS) is 10.6. The summed E-state index contributed by atoms with van der Waals surface area (Å²) in [6.07, 6.45) is 0.895. The van der Waals surface area contributed by atoms with E-state index in [1.165, 1.54) is 35.1 Å². The fourth-order valence-corrected chi connectivity index (χ4v) is 3.54. The third kappa shape index (κ3) is 4.03. The van der Waals surface area contributed by atoms with E-state index >= 15 is 0 Å². The Hall–Kier alpha value is -2.44. The smallest absolute Gasteiger partial charge is 0.267 e. The lowest BCUT2D eigenvalue weighted by atomic mass is 10.1. The van der Waals surface area contributed by atoms with Crippen LogP contribution in [0.5, 0.6) is 0 Å². The molecule has 4 nitrogen and oxygen atoms in total. The van der Waals surface area contributed by atoms with Crippen LogP contribution in [0.15, 0.2) is 42.5 Å². The molecule has 0 radical (unpaired) electrons. The van der Waals surface area contributed by atoms with E-state index in [4.69, 9.17) is 11.6 Å². The van der Waals surface area contributed by atoms with E-state index in [1.807, 2.05) is 18.2 Å². The zero-order valence-corrected chi connectivity index (χ0v) is 15.8. The molecule has 0 aliphatic rings. The Bertz CT molecular complexity index is 958. The molecular formula is C19H17ClFN3OS. The average molecular weight is 390 g/mol. The standard InChI is InChI=1S/C19H17ClFN3OS/c1-3-12-6-4-5-7-16(12)24-19-22-11(2)17(26-19)18(25)23-13-8-9-15(21)14(20)10-13/h4-10H,3H2,1-2H3,(H,22,24)(H,23,25). The number of halogens is 2. The van der Waals surface area contributed by atoms with E-state index in [9.17, 15) is 9.18 Å². The van der Waals surface area contributed by atoms with Crippen LogP contribution < -0.4 is 10.6 Å². The molecule has 0 unspecified atom stereocenters. The Kier molecular flexibility index (Phi) is 5.54. The Morgan fingerprint density at radius 3 is 2.77 bits per heavy atom. The van der Waals surface area contributed by atoms with Crippen molar-refractivity contribution in [3.63, 3.8) is 0 Å². The van der Waals surface area contributed by atoms with E-state index < -0.39 is 5.82 Å². The number of nitrogens with one attached hydrogen (secondary N) is 2. The summed E-state index contributed by atoms with van der Waals surface area (Å²) in [5.74, 6) is -0.834. The van der Waals surface area contributed by atoms with Gasteiger partial charge in [-0.3, -0.25) is 4.79 Å². The van der Waals surface area contributed by atoms with Crippen molar-refractivity contribution in [2.75, 3.05) is 10.6 Å². The topological polar surface area (TPSA) is 54.0 Å². The number of hydrogen-bond donors (Lipinski definition) is 2. The molecule has 3 aromatic rings. The minimum absolute atomic E-state index is 0.0395. The average Bonchev–Trinajstić information content (AvgIpc) is 2.99. The van der Waals surface area contributed by atoms with Crippen LogP contribution >= 0.6 is 22.9 Å². The molecular weight excluding hydrogens is 373 g/mol. The van der Waals surface area contributed by atoms with Crippen molar-refractivity contribution in [3.05, 3.63) is 69.4 Å². The summed E-state index contributed by atoms with van der Waals surface area (Å²) >= 11 is 7.02. The SMILES string of the molecule is CCc1ccccc1Nc1nc(C)c(C(=O)Nc2ccc(F)c(Cl)c2)s1. The van der Waals surface area contributed by atoms with Gasteiger partial charge in [0.2, 0.25) is 0 Å². The number of para-hydroxylation sites is 1. The van der Waals surface area contributed by atoms with E-state index in [2.05, 4.69) is 28.6 Å². The first kappa shape index (κ1) is 18.4. The number of carbonyl (C=O) groups excluding carboxylic acids is 1. The molecule has 2 N–H and O–H groups in total. The van der Waals surface area contributed by atoms with Crippen LogP contribution in [0.3, 0.4) is 0 Å². The highest BCUT2D eigenvalue weighted by Crippen LogP contribution is 2.28. The van der Waals surface area contributed by atoms with Gasteiger partial charge in [-0.05, 0) is 43.2 Å². The monoisotopic (exact) mass is 389 g/mol.